The summed E-state index contributed by atoms with van der Waals surface area (Å²) in [5.41, 5.74) is 0.122. The molecule has 0 spiro atoms. The zero-order chi connectivity index (χ0) is 39.6. The number of nitrogens with zero attached hydrogens (tertiary/aromatic N) is 6. The number of halogens is 2. The van der Waals surface area contributed by atoms with Crippen molar-refractivity contribution >= 4 is 48.3 Å². The van der Waals surface area contributed by atoms with Gasteiger partial charge in [-0.15, -0.1) is 30.9 Å². The maximum Gasteiger partial charge on any atom is 2.00 e. The second-order valence-electron chi connectivity index (χ2n) is 12.8. The molecule has 5 aliphatic rings. The van der Waals surface area contributed by atoms with Crippen LogP contribution in [0.4, 0.5) is 8.63 Å². The summed E-state index contributed by atoms with van der Waals surface area (Å²) in [7, 11) is -9.35. The Bertz CT molecular complexity index is 1950. The topological polar surface area (TPSA) is 166 Å². The van der Waals surface area contributed by atoms with Crippen molar-refractivity contribution in [3.8, 4) is 0 Å². The Morgan fingerprint density at radius 2 is 0.661 bits per heavy atom. The predicted octanol–water partition coefficient (Wildman–Crippen LogP) is 5.08. The van der Waals surface area contributed by atoms with E-state index in [4.69, 9.17) is 47.5 Å². The van der Waals surface area contributed by atoms with Crippen molar-refractivity contribution in [3.63, 3.8) is 0 Å². The molecule has 4 aromatic rings. The number of ether oxygens (including phenoxy) is 4. The summed E-state index contributed by atoms with van der Waals surface area (Å²) in [5.74, 6) is 0. The Labute approximate surface area is 346 Å². The molecule has 5 aliphatic heterocycles. The summed E-state index contributed by atoms with van der Waals surface area (Å²) >= 11 is 0. The molecule has 304 valence electrons. The largest absolute Gasteiger partial charge is 2.00 e. The van der Waals surface area contributed by atoms with Crippen LogP contribution in [-0.4, -0.2) is 100 Å². The molecular formula is C38H34B2F2FeN6O10. The van der Waals surface area contributed by atoms with Gasteiger partial charge in [0.2, 0.25) is 0 Å². The molecule has 5 heterocycles. The molecule has 59 heavy (non-hydrogen) atoms. The van der Waals surface area contributed by atoms with Crippen LogP contribution in [0.15, 0.2) is 152 Å². The molecule has 0 radical (unpaired) electrons. The zero-order valence-corrected chi connectivity index (χ0v) is 32.1. The fraction of sp³-hybridized carbons (Fsp3) is 0.211. The number of benzene rings is 4. The molecule has 0 N–H and O–H groups in total. The van der Waals surface area contributed by atoms with E-state index in [2.05, 4.69) is 30.9 Å². The van der Waals surface area contributed by atoms with Crippen LogP contribution < -0.4 is 0 Å². The van der Waals surface area contributed by atoms with E-state index in [-0.39, 0.29) is 91.0 Å². The molecule has 4 aromatic carbocycles. The van der Waals surface area contributed by atoms with E-state index in [9.17, 15) is 0 Å². The molecule has 21 heteroatoms. The maximum atomic E-state index is 17.7. The van der Waals surface area contributed by atoms with Crippen LogP contribution in [-0.2, 0) is 64.5 Å². The Balaban J connectivity index is 0.00000528. The normalized spacial score (nSPS) is 30.5. The molecule has 4 unspecified atom stereocenters. The van der Waals surface area contributed by atoms with Gasteiger partial charge in [-0.1, -0.05) is 121 Å². The number of oxime groups is 6. The molecule has 4 atom stereocenters. The Morgan fingerprint density at radius 3 is 0.915 bits per heavy atom. The summed E-state index contributed by atoms with van der Waals surface area (Å²) < 4.78 is 91.8. The second kappa shape index (κ2) is 19.2. The van der Waals surface area contributed by atoms with Crippen molar-refractivity contribution < 1.29 is 73.2 Å². The van der Waals surface area contributed by atoms with E-state index >= 15 is 8.63 Å². The standard InChI is InChI=1S/C38H34B2F2N6O10.Fe/c41-39-53-43-33(27-13-5-1-6-14-27)34(28-15-7-2-8-16-28)44-54-40(42,56-46-36(30-19-11-4-12-20-30)35(45-55-39)29-17-9-3-10-18-29)58-48-38(32-26-50-22-24-52-32)37(47-57-39)31-25-49-21-23-51-31;/h1-20,31-32H,21-26H2;/q-2;+2/b43-33-,44-34-,45-35+,46-36+,47-37+,48-38+;. The van der Waals surface area contributed by atoms with Gasteiger partial charge in [-0.25, -0.2) is 0 Å². The molecule has 0 saturated carbocycles. The first-order valence-corrected chi connectivity index (χ1v) is 18.3. The van der Waals surface area contributed by atoms with E-state index in [1.54, 1.807) is 121 Å². The average Bonchev–Trinajstić information content (AvgIpc) is 3.28. The fourth-order valence-corrected chi connectivity index (χ4v) is 5.96. The van der Waals surface area contributed by atoms with Gasteiger partial charge in [-0.3, -0.25) is 0 Å². The monoisotopic (exact) mass is 850 g/mol. The van der Waals surface area contributed by atoms with Gasteiger partial charge in [0.15, 0.2) is 0 Å². The van der Waals surface area contributed by atoms with Gasteiger partial charge in [0.25, 0.3) is 0 Å². The van der Waals surface area contributed by atoms with Gasteiger partial charge in [-0.05, 0) is 0 Å². The summed E-state index contributed by atoms with van der Waals surface area (Å²) in [6, 6.07) is 33.5. The Morgan fingerprint density at radius 1 is 0.390 bits per heavy atom. The summed E-state index contributed by atoms with van der Waals surface area (Å²) in [6.07, 6.45) is -2.16. The number of rotatable bonds is 6. The third-order valence-corrected chi connectivity index (χ3v) is 8.78. The van der Waals surface area contributed by atoms with Crippen LogP contribution in [0.3, 0.4) is 0 Å². The van der Waals surface area contributed by atoms with Crippen molar-refractivity contribution in [3.05, 3.63) is 144 Å². The molecular weight excluding hydrogens is 816 g/mol. The van der Waals surface area contributed by atoms with Crippen molar-refractivity contribution in [2.45, 2.75) is 12.2 Å². The minimum Gasteiger partial charge on any atom is -0.509 e. The van der Waals surface area contributed by atoms with Crippen molar-refractivity contribution in [1.82, 2.24) is 0 Å². The fourth-order valence-electron chi connectivity index (χ4n) is 5.96. The van der Waals surface area contributed by atoms with Crippen LogP contribution in [0.5, 0.6) is 0 Å². The van der Waals surface area contributed by atoms with Crippen LogP contribution in [0, 0.1) is 0 Å². The predicted molar refractivity (Wildman–Crippen MR) is 208 cm³/mol. The van der Waals surface area contributed by atoms with Crippen LogP contribution in [0.1, 0.15) is 22.3 Å². The first kappa shape index (κ1) is 41.2. The van der Waals surface area contributed by atoms with Gasteiger partial charge < -0.3 is 56.1 Å². The van der Waals surface area contributed by atoms with Gasteiger partial charge >= 0.3 is 31.1 Å². The van der Waals surface area contributed by atoms with Crippen LogP contribution in [0.2, 0.25) is 0 Å². The van der Waals surface area contributed by atoms with E-state index in [1.807, 2.05) is 0 Å². The molecule has 9 rings (SSSR count). The summed E-state index contributed by atoms with van der Waals surface area (Å²) in [6.45, 7) is 0.482. The van der Waals surface area contributed by atoms with Gasteiger partial charge in [-0.2, -0.15) is 0 Å². The van der Waals surface area contributed by atoms with Crippen molar-refractivity contribution in [2.75, 3.05) is 39.6 Å². The Hall–Kier alpha value is -5.95. The van der Waals surface area contributed by atoms with E-state index in [1.165, 1.54) is 0 Å². The minimum absolute atomic E-state index is 0. The van der Waals surface area contributed by atoms with E-state index < -0.39 is 26.3 Å². The SMILES string of the molecule is F[B-]12O/N=C(c3ccccc3)\C(c3ccccc3)=N/O[B-](F)(O/N=C(C3COCCO3)/C(C3COCCO3)=N/O1)O/N=C(c1ccccc1)/C(c1ccccc1)=N/O2.[Fe+2]. The molecule has 2 bridgehead atoms. The van der Waals surface area contributed by atoms with Crippen molar-refractivity contribution in [1.29, 1.82) is 0 Å². The minimum atomic E-state index is -4.68. The first-order valence-electron chi connectivity index (χ1n) is 18.3. The zero-order valence-electron chi connectivity index (χ0n) is 31.0. The quantitative estimate of drug-likeness (QED) is 0.239. The third kappa shape index (κ3) is 10.0. The third-order valence-electron chi connectivity index (χ3n) is 8.78. The van der Waals surface area contributed by atoms with Crippen molar-refractivity contribution in [2.24, 2.45) is 30.9 Å². The molecule has 16 nitrogen and oxygen atoms in total. The smallest absolute Gasteiger partial charge is 0.509 e. The van der Waals surface area contributed by atoms with Gasteiger partial charge in [0.05, 0.1) is 39.6 Å². The van der Waals surface area contributed by atoms with Gasteiger partial charge in [0, 0.05) is 22.3 Å². The summed E-state index contributed by atoms with van der Waals surface area (Å²) in [5, 5.41) is 24.9. The molecule has 0 aromatic heterocycles. The molecule has 0 amide bonds. The number of hydrogen-bond acceptors (Lipinski definition) is 16. The molecule has 2 fully saturated rings. The van der Waals surface area contributed by atoms with Crippen LogP contribution in [0.25, 0.3) is 0 Å². The van der Waals surface area contributed by atoms with Gasteiger partial charge in [0.1, 0.15) is 46.5 Å². The van der Waals surface area contributed by atoms with E-state index in [0.29, 0.717) is 22.3 Å². The average molecular weight is 850 g/mol. The maximum absolute atomic E-state index is 17.7. The molecule has 0 aliphatic carbocycles. The number of fused-ring (bicyclic) bond motifs is 9. The van der Waals surface area contributed by atoms with E-state index in [0.717, 1.165) is 0 Å². The summed E-state index contributed by atoms with van der Waals surface area (Å²) in [4.78, 5) is 0. The Kier molecular flexibility index (Phi) is 13.4. The number of hydrogen-bond donors (Lipinski definition) is 0. The molecule has 2 saturated heterocycles. The second-order valence-corrected chi connectivity index (χ2v) is 12.8. The van der Waals surface area contributed by atoms with Crippen LogP contribution >= 0.6 is 0 Å². The first-order chi connectivity index (χ1) is 28.5.